The van der Waals surface area contributed by atoms with E-state index < -0.39 is 12.1 Å². The van der Waals surface area contributed by atoms with Crippen molar-refractivity contribution in [2.24, 2.45) is 5.92 Å². The van der Waals surface area contributed by atoms with Gasteiger partial charge in [-0.2, -0.15) is 13.2 Å². The zero-order valence-corrected chi connectivity index (χ0v) is 11.0. The van der Waals surface area contributed by atoms with Crippen LogP contribution >= 0.6 is 0 Å². The van der Waals surface area contributed by atoms with Gasteiger partial charge < -0.3 is 9.73 Å². The SMILES string of the molecule is CNCc1ccc(CN2CCCC(C(F)(F)F)C2)o1. The van der Waals surface area contributed by atoms with Crippen LogP contribution in [0.15, 0.2) is 16.5 Å². The normalized spacial score (nSPS) is 21.8. The molecule has 0 saturated carbocycles. The standard InChI is InChI=1S/C13H19F3N2O/c1-17-7-11-4-5-12(19-11)9-18-6-2-3-10(8-18)13(14,15)16/h4-5,10,17H,2-3,6-9H2,1H3. The van der Waals surface area contributed by atoms with Gasteiger partial charge >= 0.3 is 6.18 Å². The van der Waals surface area contributed by atoms with E-state index in [1.807, 2.05) is 24.1 Å². The molecule has 108 valence electrons. The summed E-state index contributed by atoms with van der Waals surface area (Å²) >= 11 is 0. The lowest BCUT2D eigenvalue weighted by molar-refractivity contribution is -0.187. The van der Waals surface area contributed by atoms with Crippen LogP contribution in [0, 0.1) is 5.92 Å². The minimum atomic E-state index is -4.08. The van der Waals surface area contributed by atoms with E-state index in [2.05, 4.69) is 5.32 Å². The Labute approximate surface area is 110 Å². The van der Waals surface area contributed by atoms with Crippen LogP contribution in [0.2, 0.25) is 0 Å². The van der Waals surface area contributed by atoms with Gasteiger partial charge in [-0.25, -0.2) is 0 Å². The van der Waals surface area contributed by atoms with Crippen LogP contribution in [0.1, 0.15) is 24.4 Å². The summed E-state index contributed by atoms with van der Waals surface area (Å²) in [5, 5.41) is 2.97. The number of furan rings is 1. The van der Waals surface area contributed by atoms with Crippen LogP contribution in [0.5, 0.6) is 0 Å². The van der Waals surface area contributed by atoms with Crippen molar-refractivity contribution in [2.45, 2.75) is 32.1 Å². The van der Waals surface area contributed by atoms with Crippen molar-refractivity contribution in [3.8, 4) is 0 Å². The molecule has 2 rings (SSSR count). The third kappa shape index (κ3) is 3.98. The van der Waals surface area contributed by atoms with Crippen molar-refractivity contribution in [1.29, 1.82) is 0 Å². The third-order valence-electron chi connectivity index (χ3n) is 3.42. The van der Waals surface area contributed by atoms with E-state index in [-0.39, 0.29) is 13.0 Å². The van der Waals surface area contributed by atoms with Gasteiger partial charge in [0.2, 0.25) is 0 Å². The number of rotatable bonds is 4. The first-order valence-electron chi connectivity index (χ1n) is 6.50. The zero-order valence-electron chi connectivity index (χ0n) is 11.0. The largest absolute Gasteiger partial charge is 0.463 e. The summed E-state index contributed by atoms with van der Waals surface area (Å²) in [6.45, 7) is 1.86. The molecule has 1 aromatic heterocycles. The zero-order chi connectivity index (χ0) is 13.9. The molecule has 6 heteroatoms. The predicted molar refractivity (Wildman–Crippen MR) is 65.5 cm³/mol. The monoisotopic (exact) mass is 276 g/mol. The van der Waals surface area contributed by atoms with Gasteiger partial charge in [0, 0.05) is 6.54 Å². The van der Waals surface area contributed by atoms with E-state index >= 15 is 0 Å². The quantitative estimate of drug-likeness (QED) is 0.916. The summed E-state index contributed by atoms with van der Waals surface area (Å²) in [6, 6.07) is 3.70. The second-order valence-electron chi connectivity index (χ2n) is 5.01. The molecular weight excluding hydrogens is 257 g/mol. The van der Waals surface area contributed by atoms with Gasteiger partial charge in [-0.1, -0.05) is 0 Å². The molecule has 1 N–H and O–H groups in total. The topological polar surface area (TPSA) is 28.4 Å². The molecule has 0 amide bonds. The highest BCUT2D eigenvalue weighted by Crippen LogP contribution is 2.33. The van der Waals surface area contributed by atoms with Crippen molar-refractivity contribution >= 4 is 0 Å². The maximum atomic E-state index is 12.7. The molecule has 1 saturated heterocycles. The number of hydrogen-bond donors (Lipinski definition) is 1. The number of likely N-dealkylation sites (tertiary alicyclic amines) is 1. The minimum Gasteiger partial charge on any atom is -0.463 e. The van der Waals surface area contributed by atoms with Crippen LogP contribution in [0.4, 0.5) is 13.2 Å². The van der Waals surface area contributed by atoms with Gasteiger partial charge in [0.25, 0.3) is 0 Å². The van der Waals surface area contributed by atoms with E-state index in [1.54, 1.807) is 0 Å². The molecule has 19 heavy (non-hydrogen) atoms. The van der Waals surface area contributed by atoms with Crippen molar-refractivity contribution in [3.05, 3.63) is 23.7 Å². The first-order chi connectivity index (χ1) is 8.99. The average Bonchev–Trinajstić information content (AvgIpc) is 2.76. The van der Waals surface area contributed by atoms with E-state index in [9.17, 15) is 13.2 Å². The molecule has 0 aliphatic carbocycles. The van der Waals surface area contributed by atoms with Crippen LogP contribution in [-0.2, 0) is 13.1 Å². The average molecular weight is 276 g/mol. The third-order valence-corrected chi connectivity index (χ3v) is 3.42. The molecular formula is C13H19F3N2O. The van der Waals surface area contributed by atoms with E-state index in [0.29, 0.717) is 26.1 Å². The minimum absolute atomic E-state index is 0.0750. The van der Waals surface area contributed by atoms with Crippen LogP contribution in [-0.4, -0.2) is 31.2 Å². The van der Waals surface area contributed by atoms with Crippen LogP contribution in [0.25, 0.3) is 0 Å². The molecule has 0 aromatic carbocycles. The molecule has 0 radical (unpaired) electrons. The fourth-order valence-corrected chi connectivity index (χ4v) is 2.46. The second-order valence-corrected chi connectivity index (χ2v) is 5.01. The number of nitrogens with zero attached hydrogens (tertiary/aromatic N) is 1. The lowest BCUT2D eigenvalue weighted by Gasteiger charge is -2.33. The smallest absolute Gasteiger partial charge is 0.393 e. The molecule has 1 atom stereocenters. The highest BCUT2D eigenvalue weighted by molar-refractivity contribution is 5.07. The lowest BCUT2D eigenvalue weighted by Crippen LogP contribution is -2.41. The van der Waals surface area contributed by atoms with Crippen molar-refractivity contribution < 1.29 is 17.6 Å². The Morgan fingerprint density at radius 3 is 2.79 bits per heavy atom. The van der Waals surface area contributed by atoms with Crippen molar-refractivity contribution in [3.63, 3.8) is 0 Å². The number of halogens is 3. The summed E-state index contributed by atoms with van der Waals surface area (Å²) in [5.74, 6) is 0.336. The molecule has 1 aliphatic heterocycles. The maximum Gasteiger partial charge on any atom is 0.393 e. The first kappa shape index (κ1) is 14.4. The molecule has 0 spiro atoms. The summed E-state index contributed by atoms with van der Waals surface area (Å²) in [4.78, 5) is 1.82. The maximum absolute atomic E-state index is 12.7. The molecule has 1 aromatic rings. The number of nitrogens with one attached hydrogen (secondary N) is 1. The van der Waals surface area contributed by atoms with Crippen molar-refractivity contribution in [1.82, 2.24) is 10.2 Å². The Hall–Kier alpha value is -1.01. The molecule has 1 unspecified atom stereocenters. The molecule has 0 bridgehead atoms. The number of alkyl halides is 3. The summed E-state index contributed by atoms with van der Waals surface area (Å²) < 4.78 is 43.7. The fourth-order valence-electron chi connectivity index (χ4n) is 2.46. The summed E-state index contributed by atoms with van der Waals surface area (Å²) in [6.07, 6.45) is -3.25. The highest BCUT2D eigenvalue weighted by atomic mass is 19.4. The summed E-state index contributed by atoms with van der Waals surface area (Å²) in [5.41, 5.74) is 0. The van der Waals surface area contributed by atoms with Gasteiger partial charge in [0.1, 0.15) is 11.5 Å². The van der Waals surface area contributed by atoms with Gasteiger partial charge in [-0.3, -0.25) is 4.90 Å². The van der Waals surface area contributed by atoms with E-state index in [4.69, 9.17) is 4.42 Å². The fraction of sp³-hybridized carbons (Fsp3) is 0.692. The van der Waals surface area contributed by atoms with Gasteiger partial charge in [0.05, 0.1) is 19.0 Å². The second kappa shape index (κ2) is 5.96. The van der Waals surface area contributed by atoms with Crippen LogP contribution in [0.3, 0.4) is 0 Å². The number of piperidine rings is 1. The Morgan fingerprint density at radius 1 is 1.37 bits per heavy atom. The Balaban J connectivity index is 1.91. The molecule has 3 nitrogen and oxygen atoms in total. The predicted octanol–water partition coefficient (Wildman–Crippen LogP) is 2.77. The molecule has 1 aliphatic rings. The Kier molecular flexibility index (Phi) is 4.52. The first-order valence-corrected chi connectivity index (χ1v) is 6.50. The number of hydrogen-bond acceptors (Lipinski definition) is 3. The van der Waals surface area contributed by atoms with Gasteiger partial charge in [-0.05, 0) is 38.6 Å². The molecule has 2 heterocycles. The Bertz CT molecular complexity index is 403. The Morgan fingerprint density at radius 2 is 2.11 bits per heavy atom. The summed E-state index contributed by atoms with van der Waals surface area (Å²) in [7, 11) is 1.82. The van der Waals surface area contributed by atoms with Crippen molar-refractivity contribution in [2.75, 3.05) is 20.1 Å². The van der Waals surface area contributed by atoms with Gasteiger partial charge in [-0.15, -0.1) is 0 Å². The van der Waals surface area contributed by atoms with E-state index in [1.165, 1.54) is 0 Å². The molecule has 1 fully saturated rings. The van der Waals surface area contributed by atoms with Gasteiger partial charge in [0.15, 0.2) is 0 Å². The lowest BCUT2D eigenvalue weighted by atomic mass is 9.97. The highest BCUT2D eigenvalue weighted by Gasteiger charge is 2.41. The van der Waals surface area contributed by atoms with Crippen LogP contribution < -0.4 is 5.32 Å². The van der Waals surface area contributed by atoms with E-state index in [0.717, 1.165) is 11.5 Å².